The molecule has 1 fully saturated rings. The van der Waals surface area contributed by atoms with Crippen LogP contribution in [-0.4, -0.2) is 30.6 Å². The van der Waals surface area contributed by atoms with Crippen LogP contribution >= 0.6 is 0 Å². The van der Waals surface area contributed by atoms with Crippen molar-refractivity contribution in [3.8, 4) is 0 Å². The zero-order valence-electron chi connectivity index (χ0n) is 11.8. The van der Waals surface area contributed by atoms with Crippen LogP contribution < -0.4 is 10.6 Å². The summed E-state index contributed by atoms with van der Waals surface area (Å²) in [6.45, 7) is 4.41. The Morgan fingerprint density at radius 2 is 2.05 bits per heavy atom. The maximum absolute atomic E-state index is 12.1. The molecule has 1 aromatic carbocycles. The number of nitrogens with one attached hydrogen (secondary N) is 2. The van der Waals surface area contributed by atoms with Crippen molar-refractivity contribution in [2.75, 3.05) is 11.9 Å². The van der Waals surface area contributed by atoms with E-state index >= 15 is 0 Å². The van der Waals surface area contributed by atoms with E-state index in [0.717, 1.165) is 12.8 Å². The summed E-state index contributed by atoms with van der Waals surface area (Å²) in [6, 6.07) is 7.03. The lowest BCUT2D eigenvalue weighted by molar-refractivity contribution is -0.124. The van der Waals surface area contributed by atoms with Crippen molar-refractivity contribution in [1.82, 2.24) is 5.32 Å². The Hall–Kier alpha value is -1.88. The number of anilines is 1. The molecule has 1 aromatic rings. The summed E-state index contributed by atoms with van der Waals surface area (Å²) in [7, 11) is 0. The number of rotatable bonds is 4. The minimum absolute atomic E-state index is 0.0458. The second-order valence-corrected chi connectivity index (χ2v) is 5.16. The zero-order valence-corrected chi connectivity index (χ0v) is 11.8. The highest BCUT2D eigenvalue weighted by molar-refractivity contribution is 6.04. The fourth-order valence-electron chi connectivity index (χ4n) is 2.13. The van der Waals surface area contributed by atoms with Crippen LogP contribution in [0.2, 0.25) is 0 Å². The van der Waals surface area contributed by atoms with Gasteiger partial charge in [-0.05, 0) is 38.8 Å². The van der Waals surface area contributed by atoms with Crippen molar-refractivity contribution >= 4 is 17.5 Å². The molecule has 2 amide bonds. The standard InChI is InChI=1S/C15H20N2O3/c1-10(2)16-14(18)11-6-3-4-7-12(11)17-15(19)13-8-5-9-20-13/h3-4,6-7,10,13H,5,8-9H2,1-2H3,(H,16,18)(H,17,19)/t13-/m0/s1. The predicted octanol–water partition coefficient (Wildman–Crippen LogP) is 1.94. The summed E-state index contributed by atoms with van der Waals surface area (Å²) in [4.78, 5) is 24.1. The highest BCUT2D eigenvalue weighted by Gasteiger charge is 2.24. The van der Waals surface area contributed by atoms with Gasteiger partial charge in [-0.2, -0.15) is 0 Å². The van der Waals surface area contributed by atoms with Gasteiger partial charge in [0.2, 0.25) is 0 Å². The van der Waals surface area contributed by atoms with Gasteiger partial charge in [-0.1, -0.05) is 12.1 Å². The van der Waals surface area contributed by atoms with Crippen molar-refractivity contribution in [2.45, 2.75) is 38.8 Å². The minimum Gasteiger partial charge on any atom is -0.368 e. The summed E-state index contributed by atoms with van der Waals surface area (Å²) in [6.07, 6.45) is 1.22. The fourth-order valence-corrected chi connectivity index (χ4v) is 2.13. The molecule has 1 saturated heterocycles. The number of ether oxygens (including phenoxy) is 1. The van der Waals surface area contributed by atoms with Gasteiger partial charge in [0.25, 0.3) is 11.8 Å². The lowest BCUT2D eigenvalue weighted by Crippen LogP contribution is -2.32. The van der Waals surface area contributed by atoms with Crippen LogP contribution in [0.25, 0.3) is 0 Å². The number of para-hydroxylation sites is 1. The van der Waals surface area contributed by atoms with Gasteiger partial charge in [0.15, 0.2) is 0 Å². The van der Waals surface area contributed by atoms with E-state index in [9.17, 15) is 9.59 Å². The molecule has 108 valence electrons. The average Bonchev–Trinajstić information content (AvgIpc) is 2.92. The molecule has 0 radical (unpaired) electrons. The molecule has 2 rings (SSSR count). The second kappa shape index (κ2) is 6.52. The van der Waals surface area contributed by atoms with Crippen molar-refractivity contribution in [3.05, 3.63) is 29.8 Å². The van der Waals surface area contributed by atoms with Crippen LogP contribution in [0, 0.1) is 0 Å². The first-order valence-electron chi connectivity index (χ1n) is 6.90. The maximum Gasteiger partial charge on any atom is 0.253 e. The predicted molar refractivity (Wildman–Crippen MR) is 76.6 cm³/mol. The number of hydrogen-bond acceptors (Lipinski definition) is 3. The van der Waals surface area contributed by atoms with E-state index in [-0.39, 0.29) is 17.9 Å². The van der Waals surface area contributed by atoms with Crippen LogP contribution in [0.5, 0.6) is 0 Å². The quantitative estimate of drug-likeness (QED) is 0.883. The molecule has 0 aromatic heterocycles. The minimum atomic E-state index is -0.406. The van der Waals surface area contributed by atoms with E-state index in [2.05, 4.69) is 10.6 Å². The van der Waals surface area contributed by atoms with E-state index in [0.29, 0.717) is 17.9 Å². The van der Waals surface area contributed by atoms with Crippen LogP contribution in [0.15, 0.2) is 24.3 Å². The van der Waals surface area contributed by atoms with E-state index in [1.165, 1.54) is 0 Å². The first kappa shape index (κ1) is 14.5. The Morgan fingerprint density at radius 1 is 1.30 bits per heavy atom. The lowest BCUT2D eigenvalue weighted by Gasteiger charge is -2.15. The van der Waals surface area contributed by atoms with Crippen LogP contribution in [0.4, 0.5) is 5.69 Å². The maximum atomic E-state index is 12.1. The first-order valence-corrected chi connectivity index (χ1v) is 6.90. The Bertz CT molecular complexity index is 494. The molecule has 1 aliphatic rings. The monoisotopic (exact) mass is 276 g/mol. The lowest BCUT2D eigenvalue weighted by atomic mass is 10.1. The molecule has 5 heteroatoms. The molecule has 0 bridgehead atoms. The number of amides is 2. The Balaban J connectivity index is 2.11. The summed E-state index contributed by atoms with van der Waals surface area (Å²) in [5.74, 6) is -0.379. The number of hydrogen-bond donors (Lipinski definition) is 2. The largest absolute Gasteiger partial charge is 0.368 e. The molecule has 1 heterocycles. The Kier molecular flexibility index (Phi) is 4.74. The normalized spacial score (nSPS) is 18.1. The highest BCUT2D eigenvalue weighted by Crippen LogP contribution is 2.18. The van der Waals surface area contributed by atoms with Gasteiger partial charge < -0.3 is 15.4 Å². The summed E-state index contributed by atoms with van der Waals surface area (Å²) >= 11 is 0. The van der Waals surface area contributed by atoms with Gasteiger partial charge in [0, 0.05) is 12.6 Å². The van der Waals surface area contributed by atoms with Crippen LogP contribution in [0.3, 0.4) is 0 Å². The smallest absolute Gasteiger partial charge is 0.253 e. The molecule has 5 nitrogen and oxygen atoms in total. The van der Waals surface area contributed by atoms with E-state index in [4.69, 9.17) is 4.74 Å². The SMILES string of the molecule is CC(C)NC(=O)c1ccccc1NC(=O)[C@@H]1CCCO1. The molecular weight excluding hydrogens is 256 g/mol. The third-order valence-corrected chi connectivity index (χ3v) is 3.07. The van der Waals surface area contributed by atoms with Gasteiger partial charge in [-0.3, -0.25) is 9.59 Å². The number of benzene rings is 1. The third-order valence-electron chi connectivity index (χ3n) is 3.07. The van der Waals surface area contributed by atoms with Crippen molar-refractivity contribution in [2.24, 2.45) is 0 Å². The number of carbonyl (C=O) groups excluding carboxylic acids is 2. The van der Waals surface area contributed by atoms with Gasteiger partial charge in [0.1, 0.15) is 6.10 Å². The highest BCUT2D eigenvalue weighted by atomic mass is 16.5. The molecular formula is C15H20N2O3. The molecule has 2 N–H and O–H groups in total. The van der Waals surface area contributed by atoms with Crippen LogP contribution in [0.1, 0.15) is 37.0 Å². The second-order valence-electron chi connectivity index (χ2n) is 5.16. The molecule has 1 aliphatic heterocycles. The zero-order chi connectivity index (χ0) is 14.5. The van der Waals surface area contributed by atoms with E-state index in [1.807, 2.05) is 13.8 Å². The third kappa shape index (κ3) is 3.57. The average molecular weight is 276 g/mol. The Labute approximate surface area is 118 Å². The Morgan fingerprint density at radius 3 is 2.70 bits per heavy atom. The molecule has 1 atom stereocenters. The molecule has 0 saturated carbocycles. The summed E-state index contributed by atoms with van der Waals surface area (Å²) in [5.41, 5.74) is 0.985. The summed E-state index contributed by atoms with van der Waals surface area (Å²) in [5, 5.41) is 5.60. The molecule has 0 spiro atoms. The first-order chi connectivity index (χ1) is 9.58. The van der Waals surface area contributed by atoms with Crippen molar-refractivity contribution < 1.29 is 14.3 Å². The van der Waals surface area contributed by atoms with Gasteiger partial charge in [-0.25, -0.2) is 0 Å². The van der Waals surface area contributed by atoms with Gasteiger partial charge in [0.05, 0.1) is 11.3 Å². The molecule has 0 unspecified atom stereocenters. The fraction of sp³-hybridized carbons (Fsp3) is 0.467. The van der Waals surface area contributed by atoms with Gasteiger partial charge >= 0.3 is 0 Å². The number of carbonyl (C=O) groups is 2. The van der Waals surface area contributed by atoms with Crippen molar-refractivity contribution in [1.29, 1.82) is 0 Å². The topological polar surface area (TPSA) is 67.4 Å². The van der Waals surface area contributed by atoms with Crippen LogP contribution in [-0.2, 0) is 9.53 Å². The van der Waals surface area contributed by atoms with E-state index in [1.54, 1.807) is 24.3 Å². The van der Waals surface area contributed by atoms with Crippen molar-refractivity contribution in [3.63, 3.8) is 0 Å². The summed E-state index contributed by atoms with van der Waals surface area (Å²) < 4.78 is 5.34. The van der Waals surface area contributed by atoms with Gasteiger partial charge in [-0.15, -0.1) is 0 Å². The molecule has 20 heavy (non-hydrogen) atoms. The van der Waals surface area contributed by atoms with E-state index < -0.39 is 6.10 Å². The molecule has 0 aliphatic carbocycles.